The third kappa shape index (κ3) is 4.70. The average Bonchev–Trinajstić information content (AvgIpc) is 2.50. The maximum Gasteiger partial charge on any atom is 0.235 e. The first-order valence-electron chi connectivity index (χ1n) is 6.40. The van der Waals surface area contributed by atoms with Crippen LogP contribution in [0.25, 0.3) is 0 Å². The average molecular weight is 334 g/mol. The summed E-state index contributed by atoms with van der Waals surface area (Å²) in [5.74, 6) is 0.737. The van der Waals surface area contributed by atoms with Crippen LogP contribution >= 0.6 is 15.9 Å². The number of carbonyl (C=O) groups excluding carboxylic acids is 1. The van der Waals surface area contributed by atoms with E-state index in [0.717, 1.165) is 17.9 Å². The first-order valence-corrected chi connectivity index (χ1v) is 7.52. The Morgan fingerprint density at radius 2 is 1.75 bits per heavy atom. The van der Waals surface area contributed by atoms with Crippen molar-refractivity contribution in [1.29, 1.82) is 0 Å². The van der Waals surface area contributed by atoms with Crippen molar-refractivity contribution in [2.45, 2.75) is 6.42 Å². The molecule has 20 heavy (non-hydrogen) atoms. The zero-order valence-corrected chi connectivity index (χ0v) is 12.6. The van der Waals surface area contributed by atoms with Gasteiger partial charge in [0, 0.05) is 12.1 Å². The van der Waals surface area contributed by atoms with Crippen molar-refractivity contribution in [3.8, 4) is 5.75 Å². The highest BCUT2D eigenvalue weighted by atomic mass is 79.9. The minimum absolute atomic E-state index is 0.0669. The molecule has 0 unspecified atom stereocenters. The van der Waals surface area contributed by atoms with Crippen molar-refractivity contribution >= 4 is 27.5 Å². The van der Waals surface area contributed by atoms with Gasteiger partial charge < -0.3 is 10.1 Å². The molecule has 0 spiro atoms. The fourth-order valence-electron chi connectivity index (χ4n) is 1.76. The topological polar surface area (TPSA) is 38.3 Å². The van der Waals surface area contributed by atoms with Gasteiger partial charge in [0.2, 0.25) is 5.91 Å². The Morgan fingerprint density at radius 1 is 1.05 bits per heavy atom. The van der Waals surface area contributed by atoms with Gasteiger partial charge in [0.05, 0.1) is 11.9 Å². The number of carbonyl (C=O) groups is 1. The summed E-state index contributed by atoms with van der Waals surface area (Å²) in [4.78, 5) is 11.2. The molecule has 0 aromatic heterocycles. The first-order chi connectivity index (χ1) is 9.78. The van der Waals surface area contributed by atoms with Gasteiger partial charge in [-0.15, -0.1) is 0 Å². The van der Waals surface area contributed by atoms with Crippen LogP contribution in [0.4, 0.5) is 5.69 Å². The summed E-state index contributed by atoms with van der Waals surface area (Å²) in [6.07, 6.45) is 0.878. The van der Waals surface area contributed by atoms with Gasteiger partial charge in [0.25, 0.3) is 0 Å². The fraction of sp³-hybridized carbons (Fsp3) is 0.188. The van der Waals surface area contributed by atoms with E-state index in [1.54, 1.807) is 0 Å². The van der Waals surface area contributed by atoms with E-state index in [0.29, 0.717) is 11.9 Å². The minimum atomic E-state index is -0.0669. The lowest BCUT2D eigenvalue weighted by Crippen LogP contribution is -2.12. The van der Waals surface area contributed by atoms with Gasteiger partial charge in [0.1, 0.15) is 5.75 Å². The lowest BCUT2D eigenvalue weighted by atomic mass is 10.2. The Bertz CT molecular complexity index is 540. The van der Waals surface area contributed by atoms with Crippen LogP contribution < -0.4 is 10.1 Å². The van der Waals surface area contributed by atoms with Crippen LogP contribution in [0, 0.1) is 0 Å². The van der Waals surface area contributed by atoms with Crippen LogP contribution in [0.1, 0.15) is 5.56 Å². The van der Waals surface area contributed by atoms with Crippen molar-refractivity contribution in [3.63, 3.8) is 0 Å². The molecule has 0 heterocycles. The van der Waals surface area contributed by atoms with Crippen molar-refractivity contribution in [1.82, 2.24) is 0 Å². The summed E-state index contributed by atoms with van der Waals surface area (Å²) in [5.41, 5.74) is 2.03. The summed E-state index contributed by atoms with van der Waals surface area (Å²) in [5, 5.41) is 3.05. The molecule has 3 nitrogen and oxygen atoms in total. The van der Waals surface area contributed by atoms with E-state index >= 15 is 0 Å². The van der Waals surface area contributed by atoms with Crippen molar-refractivity contribution in [3.05, 3.63) is 60.2 Å². The fourth-order valence-corrected chi connectivity index (χ4v) is 1.90. The van der Waals surface area contributed by atoms with E-state index in [2.05, 4.69) is 33.4 Å². The molecule has 0 aliphatic heterocycles. The van der Waals surface area contributed by atoms with Crippen LogP contribution in [-0.2, 0) is 11.2 Å². The minimum Gasteiger partial charge on any atom is -0.493 e. The van der Waals surface area contributed by atoms with Crippen LogP contribution in [-0.4, -0.2) is 17.8 Å². The molecule has 0 aliphatic carbocycles. The lowest BCUT2D eigenvalue weighted by Gasteiger charge is -2.08. The Hall–Kier alpha value is -1.81. The molecule has 0 fully saturated rings. The second-order valence-electron chi connectivity index (χ2n) is 4.29. The molecule has 2 aromatic carbocycles. The molecule has 1 amide bonds. The Balaban J connectivity index is 1.80. The predicted octanol–water partition coefficient (Wildman–Crippen LogP) is 3.64. The summed E-state index contributed by atoms with van der Waals surface area (Å²) in [6.45, 7) is 0.636. The number of hydrogen-bond donors (Lipinski definition) is 1. The number of ether oxygens (including phenoxy) is 1. The van der Waals surface area contributed by atoms with Crippen LogP contribution in [0.5, 0.6) is 5.75 Å². The molecular formula is C16H16BrNO2. The second-order valence-corrected chi connectivity index (χ2v) is 4.85. The SMILES string of the molecule is O=C(CBr)Nc1ccc(OCCc2ccccc2)cc1. The summed E-state index contributed by atoms with van der Waals surface area (Å²) >= 11 is 3.11. The number of hydrogen-bond acceptors (Lipinski definition) is 2. The smallest absolute Gasteiger partial charge is 0.235 e. The third-order valence-corrected chi connectivity index (χ3v) is 3.27. The van der Waals surface area contributed by atoms with Crippen molar-refractivity contribution < 1.29 is 9.53 Å². The highest BCUT2D eigenvalue weighted by Gasteiger charge is 2.00. The molecule has 0 bridgehead atoms. The van der Waals surface area contributed by atoms with Gasteiger partial charge in [-0.2, -0.15) is 0 Å². The lowest BCUT2D eigenvalue weighted by molar-refractivity contribution is -0.113. The standard InChI is InChI=1S/C16H16BrNO2/c17-12-16(19)18-14-6-8-15(9-7-14)20-11-10-13-4-2-1-3-5-13/h1-9H,10-12H2,(H,18,19). The van der Waals surface area contributed by atoms with E-state index in [1.165, 1.54) is 5.56 Å². The molecule has 0 saturated carbocycles. The number of halogens is 1. The van der Waals surface area contributed by atoms with Gasteiger partial charge >= 0.3 is 0 Å². The first kappa shape index (κ1) is 14.6. The molecule has 1 N–H and O–H groups in total. The number of alkyl halides is 1. The van der Waals surface area contributed by atoms with Crippen LogP contribution in [0.3, 0.4) is 0 Å². The summed E-state index contributed by atoms with van der Waals surface area (Å²) < 4.78 is 5.67. The molecule has 0 saturated heterocycles. The Kier molecular flexibility index (Phi) is 5.62. The molecule has 0 aliphatic rings. The van der Waals surface area contributed by atoms with Crippen molar-refractivity contribution in [2.75, 3.05) is 17.3 Å². The van der Waals surface area contributed by atoms with E-state index in [-0.39, 0.29) is 5.91 Å². The van der Waals surface area contributed by atoms with E-state index in [9.17, 15) is 4.79 Å². The second kappa shape index (κ2) is 7.70. The predicted molar refractivity (Wildman–Crippen MR) is 84.5 cm³/mol. The molecule has 4 heteroatoms. The maximum atomic E-state index is 11.2. The molecule has 0 radical (unpaired) electrons. The van der Waals surface area contributed by atoms with Gasteiger partial charge in [0.15, 0.2) is 0 Å². The monoisotopic (exact) mass is 333 g/mol. The van der Waals surface area contributed by atoms with E-state index < -0.39 is 0 Å². The van der Waals surface area contributed by atoms with E-state index in [1.807, 2.05) is 42.5 Å². The van der Waals surface area contributed by atoms with Crippen LogP contribution in [0.15, 0.2) is 54.6 Å². The van der Waals surface area contributed by atoms with Gasteiger partial charge in [-0.1, -0.05) is 46.3 Å². The van der Waals surface area contributed by atoms with Gasteiger partial charge in [-0.25, -0.2) is 0 Å². The van der Waals surface area contributed by atoms with Gasteiger partial charge in [-0.3, -0.25) is 4.79 Å². The number of nitrogens with one attached hydrogen (secondary N) is 1. The summed E-state index contributed by atoms with van der Waals surface area (Å²) in [7, 11) is 0. The summed E-state index contributed by atoms with van der Waals surface area (Å²) in [6, 6.07) is 17.6. The van der Waals surface area contributed by atoms with Gasteiger partial charge in [-0.05, 0) is 29.8 Å². The number of benzene rings is 2. The Labute approximate surface area is 127 Å². The van der Waals surface area contributed by atoms with Crippen LogP contribution in [0.2, 0.25) is 0 Å². The largest absolute Gasteiger partial charge is 0.493 e. The third-order valence-electron chi connectivity index (χ3n) is 2.76. The zero-order chi connectivity index (χ0) is 14.2. The molecular weight excluding hydrogens is 318 g/mol. The van der Waals surface area contributed by atoms with Crippen molar-refractivity contribution in [2.24, 2.45) is 0 Å². The van der Waals surface area contributed by atoms with E-state index in [4.69, 9.17) is 4.74 Å². The quantitative estimate of drug-likeness (QED) is 0.819. The molecule has 0 atom stereocenters. The molecule has 2 rings (SSSR count). The Morgan fingerprint density at radius 3 is 2.40 bits per heavy atom. The molecule has 2 aromatic rings. The highest BCUT2D eigenvalue weighted by Crippen LogP contribution is 2.16. The number of amides is 1. The highest BCUT2D eigenvalue weighted by molar-refractivity contribution is 9.09. The maximum absolute atomic E-state index is 11.2. The number of rotatable bonds is 6. The zero-order valence-electron chi connectivity index (χ0n) is 11.0. The normalized spacial score (nSPS) is 10.1. The number of anilines is 1. The molecule has 104 valence electrons.